The lowest BCUT2D eigenvalue weighted by Crippen LogP contribution is -2.18. The lowest BCUT2D eigenvalue weighted by atomic mass is 10.1. The first kappa shape index (κ1) is 12.0. The van der Waals surface area contributed by atoms with Gasteiger partial charge in [0, 0.05) is 31.4 Å². The van der Waals surface area contributed by atoms with Gasteiger partial charge in [0.05, 0.1) is 0 Å². The minimum Gasteiger partial charge on any atom is -0.404 e. The SMILES string of the molecule is CC/C(C=NC1=CC(C)CNCC1)=C/N. The van der Waals surface area contributed by atoms with E-state index in [0.717, 1.165) is 31.5 Å². The summed E-state index contributed by atoms with van der Waals surface area (Å²) < 4.78 is 0. The highest BCUT2D eigenvalue weighted by Gasteiger charge is 2.05. The Bertz CT molecular complexity index is 277. The van der Waals surface area contributed by atoms with Crippen molar-refractivity contribution in [3.63, 3.8) is 0 Å². The van der Waals surface area contributed by atoms with E-state index in [0.29, 0.717) is 5.92 Å². The normalized spacial score (nSPS) is 24.0. The molecular weight excluding hydrogens is 186 g/mol. The molecule has 0 spiro atoms. The fourth-order valence-electron chi connectivity index (χ4n) is 1.54. The summed E-state index contributed by atoms with van der Waals surface area (Å²) in [4.78, 5) is 4.48. The number of rotatable bonds is 3. The Morgan fingerprint density at radius 2 is 2.53 bits per heavy atom. The Morgan fingerprint density at radius 1 is 1.73 bits per heavy atom. The molecule has 0 saturated heterocycles. The second-order valence-corrected chi connectivity index (χ2v) is 3.94. The molecule has 1 heterocycles. The lowest BCUT2D eigenvalue weighted by Gasteiger charge is -2.01. The van der Waals surface area contributed by atoms with Crippen LogP contribution in [0.3, 0.4) is 0 Å². The lowest BCUT2D eigenvalue weighted by molar-refractivity contribution is 0.617. The van der Waals surface area contributed by atoms with Gasteiger partial charge in [-0.3, -0.25) is 4.99 Å². The molecule has 1 rings (SSSR count). The van der Waals surface area contributed by atoms with E-state index in [1.807, 2.05) is 6.21 Å². The minimum absolute atomic E-state index is 0.562. The molecule has 0 aromatic heterocycles. The fraction of sp³-hybridized carbons (Fsp3) is 0.583. The molecule has 0 amide bonds. The highest BCUT2D eigenvalue weighted by atomic mass is 14.9. The summed E-state index contributed by atoms with van der Waals surface area (Å²) in [6.07, 6.45) is 7.68. The van der Waals surface area contributed by atoms with Crippen LogP contribution in [0.4, 0.5) is 0 Å². The number of nitrogens with one attached hydrogen (secondary N) is 1. The van der Waals surface area contributed by atoms with Crippen LogP contribution in [0.1, 0.15) is 26.7 Å². The van der Waals surface area contributed by atoms with Crippen LogP contribution in [0.15, 0.2) is 28.5 Å². The van der Waals surface area contributed by atoms with E-state index in [1.54, 1.807) is 6.20 Å². The van der Waals surface area contributed by atoms with E-state index in [9.17, 15) is 0 Å². The summed E-state index contributed by atoms with van der Waals surface area (Å²) in [6, 6.07) is 0. The molecule has 0 radical (unpaired) electrons. The summed E-state index contributed by atoms with van der Waals surface area (Å²) in [6.45, 7) is 6.34. The Labute approximate surface area is 92.2 Å². The Balaban J connectivity index is 2.63. The van der Waals surface area contributed by atoms with Crippen LogP contribution >= 0.6 is 0 Å². The van der Waals surface area contributed by atoms with Gasteiger partial charge in [-0.2, -0.15) is 0 Å². The van der Waals surface area contributed by atoms with Crippen molar-refractivity contribution in [2.24, 2.45) is 16.6 Å². The molecule has 1 unspecified atom stereocenters. The van der Waals surface area contributed by atoms with Crippen LogP contribution in [-0.2, 0) is 0 Å². The molecule has 15 heavy (non-hydrogen) atoms. The first-order chi connectivity index (χ1) is 7.26. The smallest absolute Gasteiger partial charge is 0.0379 e. The summed E-state index contributed by atoms with van der Waals surface area (Å²) >= 11 is 0. The van der Waals surface area contributed by atoms with Crippen molar-refractivity contribution < 1.29 is 0 Å². The van der Waals surface area contributed by atoms with E-state index in [-0.39, 0.29) is 0 Å². The van der Waals surface area contributed by atoms with Crippen LogP contribution in [0.2, 0.25) is 0 Å². The molecule has 0 fully saturated rings. The standard InChI is InChI=1S/C12H21N3/c1-3-11(7-13)9-15-12-4-5-14-8-10(2)6-12/h6-7,9-10,14H,3-5,8,13H2,1-2H3/b11-7-,15-9?. The summed E-state index contributed by atoms with van der Waals surface area (Å²) in [5, 5.41) is 3.38. The molecule has 1 aliphatic rings. The van der Waals surface area contributed by atoms with Crippen molar-refractivity contribution in [1.82, 2.24) is 5.32 Å². The Kier molecular flexibility index (Phi) is 5.12. The van der Waals surface area contributed by atoms with Crippen LogP contribution in [0, 0.1) is 5.92 Å². The van der Waals surface area contributed by atoms with Gasteiger partial charge in [-0.25, -0.2) is 0 Å². The maximum atomic E-state index is 5.47. The van der Waals surface area contributed by atoms with Crippen LogP contribution in [-0.4, -0.2) is 19.3 Å². The molecule has 0 saturated carbocycles. The number of aliphatic imine (C=N–C) groups is 1. The van der Waals surface area contributed by atoms with Crippen molar-refractivity contribution in [2.75, 3.05) is 13.1 Å². The number of allylic oxidation sites excluding steroid dienone is 1. The first-order valence-electron chi connectivity index (χ1n) is 5.62. The van der Waals surface area contributed by atoms with E-state index in [1.165, 1.54) is 5.70 Å². The van der Waals surface area contributed by atoms with E-state index >= 15 is 0 Å². The van der Waals surface area contributed by atoms with Crippen molar-refractivity contribution in [3.8, 4) is 0 Å². The molecule has 1 aliphatic heterocycles. The predicted molar refractivity (Wildman–Crippen MR) is 65.8 cm³/mol. The summed E-state index contributed by atoms with van der Waals surface area (Å²) in [7, 11) is 0. The Morgan fingerprint density at radius 3 is 3.20 bits per heavy atom. The highest BCUT2D eigenvalue weighted by Crippen LogP contribution is 2.11. The number of nitrogens with zero attached hydrogens (tertiary/aromatic N) is 1. The number of hydrogen-bond donors (Lipinski definition) is 2. The second kappa shape index (κ2) is 6.40. The monoisotopic (exact) mass is 207 g/mol. The van der Waals surface area contributed by atoms with Crippen molar-refractivity contribution in [3.05, 3.63) is 23.5 Å². The molecule has 1 atom stereocenters. The van der Waals surface area contributed by atoms with Gasteiger partial charge in [0.2, 0.25) is 0 Å². The van der Waals surface area contributed by atoms with Gasteiger partial charge in [0.1, 0.15) is 0 Å². The third-order valence-electron chi connectivity index (χ3n) is 2.52. The van der Waals surface area contributed by atoms with Crippen molar-refractivity contribution in [1.29, 1.82) is 0 Å². The van der Waals surface area contributed by atoms with Crippen LogP contribution < -0.4 is 11.1 Å². The average molecular weight is 207 g/mol. The molecule has 0 aliphatic carbocycles. The third kappa shape index (κ3) is 4.30. The van der Waals surface area contributed by atoms with E-state index in [4.69, 9.17) is 5.73 Å². The molecular formula is C12H21N3. The van der Waals surface area contributed by atoms with Crippen molar-refractivity contribution >= 4 is 6.21 Å². The summed E-state index contributed by atoms with van der Waals surface area (Å²) in [5.74, 6) is 0.562. The molecule has 3 N–H and O–H groups in total. The molecule has 84 valence electrons. The number of nitrogens with two attached hydrogens (primary N) is 1. The first-order valence-corrected chi connectivity index (χ1v) is 5.62. The molecule has 3 heteroatoms. The van der Waals surface area contributed by atoms with Gasteiger partial charge in [0.15, 0.2) is 0 Å². The largest absolute Gasteiger partial charge is 0.404 e. The zero-order chi connectivity index (χ0) is 11.1. The fourth-order valence-corrected chi connectivity index (χ4v) is 1.54. The van der Waals surface area contributed by atoms with E-state index in [2.05, 4.69) is 30.2 Å². The van der Waals surface area contributed by atoms with Gasteiger partial charge in [-0.15, -0.1) is 0 Å². The second-order valence-electron chi connectivity index (χ2n) is 3.94. The van der Waals surface area contributed by atoms with Gasteiger partial charge in [-0.1, -0.05) is 19.9 Å². The molecule has 0 bridgehead atoms. The zero-order valence-electron chi connectivity index (χ0n) is 9.66. The predicted octanol–water partition coefficient (Wildman–Crippen LogP) is 1.82. The average Bonchev–Trinajstić information content (AvgIpc) is 2.44. The Hall–Kier alpha value is -1.09. The molecule has 3 nitrogen and oxygen atoms in total. The number of hydrogen-bond acceptors (Lipinski definition) is 3. The molecule has 0 aromatic carbocycles. The van der Waals surface area contributed by atoms with E-state index < -0.39 is 0 Å². The third-order valence-corrected chi connectivity index (χ3v) is 2.52. The quantitative estimate of drug-likeness (QED) is 0.694. The maximum Gasteiger partial charge on any atom is 0.0379 e. The molecule has 0 aromatic rings. The van der Waals surface area contributed by atoms with Gasteiger partial charge >= 0.3 is 0 Å². The van der Waals surface area contributed by atoms with Gasteiger partial charge in [-0.05, 0) is 24.1 Å². The summed E-state index contributed by atoms with van der Waals surface area (Å²) in [5.41, 5.74) is 7.72. The highest BCUT2D eigenvalue weighted by molar-refractivity contribution is 5.79. The topological polar surface area (TPSA) is 50.4 Å². The minimum atomic E-state index is 0.562. The maximum absolute atomic E-state index is 5.47. The van der Waals surface area contributed by atoms with Crippen LogP contribution in [0.5, 0.6) is 0 Å². The van der Waals surface area contributed by atoms with Gasteiger partial charge < -0.3 is 11.1 Å². The van der Waals surface area contributed by atoms with Crippen molar-refractivity contribution in [2.45, 2.75) is 26.7 Å². The van der Waals surface area contributed by atoms with Gasteiger partial charge in [0.25, 0.3) is 0 Å². The zero-order valence-corrected chi connectivity index (χ0v) is 9.66. The van der Waals surface area contributed by atoms with Crippen LogP contribution in [0.25, 0.3) is 0 Å².